The second kappa shape index (κ2) is 7.62. The van der Waals surface area contributed by atoms with Crippen LogP contribution in [0.25, 0.3) is 0 Å². The molecule has 1 amide bonds. The highest BCUT2D eigenvalue weighted by molar-refractivity contribution is 5.88. The normalized spacial score (nSPS) is 19.8. The van der Waals surface area contributed by atoms with Crippen molar-refractivity contribution in [3.63, 3.8) is 0 Å². The smallest absolute Gasteiger partial charge is 0.233 e. The van der Waals surface area contributed by atoms with E-state index in [9.17, 15) is 9.18 Å². The monoisotopic (exact) mass is 369 g/mol. The molecule has 1 aliphatic carbocycles. The number of carbonyl (C=O) groups is 1. The zero-order valence-corrected chi connectivity index (χ0v) is 15.3. The SMILES string of the molecule is O=C(N1CCC(Oc2cnccn2)CC1)C1(c2ccccc2F)CCCC1. The molecule has 0 N–H and O–H groups in total. The number of amides is 1. The van der Waals surface area contributed by atoms with Crippen molar-refractivity contribution in [1.82, 2.24) is 14.9 Å². The van der Waals surface area contributed by atoms with Gasteiger partial charge in [-0.25, -0.2) is 9.37 Å². The molecule has 1 aromatic heterocycles. The predicted molar refractivity (Wildman–Crippen MR) is 98.8 cm³/mol. The van der Waals surface area contributed by atoms with Gasteiger partial charge in [0, 0.05) is 43.9 Å². The highest BCUT2D eigenvalue weighted by Crippen LogP contribution is 2.44. The molecule has 0 unspecified atom stereocenters. The molecule has 2 aromatic rings. The molecule has 2 aliphatic rings. The molecule has 2 fully saturated rings. The summed E-state index contributed by atoms with van der Waals surface area (Å²) in [5.74, 6) is 0.317. The lowest BCUT2D eigenvalue weighted by atomic mass is 9.77. The third-order valence-electron chi connectivity index (χ3n) is 5.81. The van der Waals surface area contributed by atoms with E-state index in [-0.39, 0.29) is 17.8 Å². The summed E-state index contributed by atoms with van der Waals surface area (Å²) in [7, 11) is 0. The number of rotatable bonds is 4. The number of aromatic nitrogens is 2. The lowest BCUT2D eigenvalue weighted by Crippen LogP contribution is -2.50. The summed E-state index contributed by atoms with van der Waals surface area (Å²) in [6, 6.07) is 6.75. The molecule has 6 heteroatoms. The van der Waals surface area contributed by atoms with Crippen molar-refractivity contribution >= 4 is 5.91 Å². The largest absolute Gasteiger partial charge is 0.473 e. The average molecular weight is 369 g/mol. The highest BCUT2D eigenvalue weighted by atomic mass is 19.1. The van der Waals surface area contributed by atoms with Crippen molar-refractivity contribution < 1.29 is 13.9 Å². The quantitative estimate of drug-likeness (QED) is 0.828. The summed E-state index contributed by atoms with van der Waals surface area (Å²) < 4.78 is 20.4. The van der Waals surface area contributed by atoms with E-state index in [2.05, 4.69) is 9.97 Å². The molecule has 27 heavy (non-hydrogen) atoms. The van der Waals surface area contributed by atoms with Crippen molar-refractivity contribution in [2.45, 2.75) is 50.0 Å². The first-order valence-electron chi connectivity index (χ1n) is 9.66. The van der Waals surface area contributed by atoms with E-state index in [4.69, 9.17) is 4.74 Å². The Kier molecular flexibility index (Phi) is 5.05. The molecule has 142 valence electrons. The number of carbonyl (C=O) groups excluding carboxylic acids is 1. The molecule has 0 spiro atoms. The van der Waals surface area contributed by atoms with Crippen LogP contribution in [0.4, 0.5) is 4.39 Å². The number of halogens is 1. The summed E-state index contributed by atoms with van der Waals surface area (Å²) in [5, 5.41) is 0. The van der Waals surface area contributed by atoms with Gasteiger partial charge >= 0.3 is 0 Å². The average Bonchev–Trinajstić information content (AvgIpc) is 3.20. The summed E-state index contributed by atoms with van der Waals surface area (Å²) in [5.41, 5.74) is -0.144. The van der Waals surface area contributed by atoms with Gasteiger partial charge in [-0.3, -0.25) is 9.78 Å². The van der Waals surface area contributed by atoms with E-state index in [0.717, 1.165) is 38.5 Å². The molecule has 1 saturated carbocycles. The Balaban J connectivity index is 1.46. The third-order valence-corrected chi connectivity index (χ3v) is 5.81. The standard InChI is InChI=1S/C21H24FN3O2/c22-18-6-2-1-5-17(18)21(9-3-4-10-21)20(26)25-13-7-16(8-14-25)27-19-15-23-11-12-24-19/h1-2,5-6,11-12,15-16H,3-4,7-10,13-14H2. The van der Waals surface area contributed by atoms with Gasteiger partial charge in [-0.2, -0.15) is 0 Å². The number of hydrogen-bond donors (Lipinski definition) is 0. The Hall–Kier alpha value is -2.50. The van der Waals surface area contributed by atoms with Gasteiger partial charge < -0.3 is 9.64 Å². The maximum absolute atomic E-state index is 14.5. The number of benzene rings is 1. The second-order valence-corrected chi connectivity index (χ2v) is 7.42. The number of nitrogens with zero attached hydrogens (tertiary/aromatic N) is 3. The van der Waals surface area contributed by atoms with Crippen LogP contribution in [0.5, 0.6) is 5.88 Å². The lowest BCUT2D eigenvalue weighted by molar-refractivity contribution is -0.139. The van der Waals surface area contributed by atoms with Crippen LogP contribution in [0.15, 0.2) is 42.9 Å². The maximum Gasteiger partial charge on any atom is 0.233 e. The van der Waals surface area contributed by atoms with E-state index in [1.807, 2.05) is 11.0 Å². The summed E-state index contributed by atoms with van der Waals surface area (Å²) in [6.07, 6.45) is 9.71. The van der Waals surface area contributed by atoms with Gasteiger partial charge in [-0.15, -0.1) is 0 Å². The van der Waals surface area contributed by atoms with Gasteiger partial charge in [0.25, 0.3) is 0 Å². The van der Waals surface area contributed by atoms with Crippen LogP contribution in [-0.4, -0.2) is 40.0 Å². The number of piperidine rings is 1. The fourth-order valence-corrected chi connectivity index (χ4v) is 4.42. The molecule has 0 radical (unpaired) electrons. The fourth-order valence-electron chi connectivity index (χ4n) is 4.42. The van der Waals surface area contributed by atoms with Crippen molar-refractivity contribution in [1.29, 1.82) is 0 Å². The van der Waals surface area contributed by atoms with E-state index in [1.54, 1.807) is 30.7 Å². The van der Waals surface area contributed by atoms with Crippen molar-refractivity contribution in [3.05, 3.63) is 54.2 Å². The number of likely N-dealkylation sites (tertiary alicyclic amines) is 1. The molecule has 5 nitrogen and oxygen atoms in total. The van der Waals surface area contributed by atoms with E-state index in [0.29, 0.717) is 24.5 Å². The maximum atomic E-state index is 14.5. The molecule has 0 bridgehead atoms. The highest BCUT2D eigenvalue weighted by Gasteiger charge is 2.46. The zero-order valence-electron chi connectivity index (χ0n) is 15.3. The Bertz CT molecular complexity index is 785. The first-order valence-corrected chi connectivity index (χ1v) is 9.66. The van der Waals surface area contributed by atoms with Crippen LogP contribution in [0.1, 0.15) is 44.1 Å². The number of hydrogen-bond acceptors (Lipinski definition) is 4. The minimum Gasteiger partial charge on any atom is -0.473 e. The van der Waals surface area contributed by atoms with Crippen LogP contribution in [-0.2, 0) is 10.2 Å². The molecule has 0 atom stereocenters. The summed E-state index contributed by atoms with van der Waals surface area (Å²) in [4.78, 5) is 23.5. The number of ether oxygens (including phenoxy) is 1. The van der Waals surface area contributed by atoms with E-state index in [1.165, 1.54) is 6.07 Å². The summed E-state index contributed by atoms with van der Waals surface area (Å²) in [6.45, 7) is 1.25. The van der Waals surface area contributed by atoms with Gasteiger partial charge in [0.1, 0.15) is 11.9 Å². The zero-order chi connectivity index (χ0) is 18.7. The van der Waals surface area contributed by atoms with Crippen LogP contribution in [0, 0.1) is 5.82 Å². The third kappa shape index (κ3) is 3.53. The second-order valence-electron chi connectivity index (χ2n) is 7.42. The Morgan fingerprint density at radius 1 is 1.15 bits per heavy atom. The fraction of sp³-hybridized carbons (Fsp3) is 0.476. The topological polar surface area (TPSA) is 55.3 Å². The van der Waals surface area contributed by atoms with Gasteiger partial charge in [-0.1, -0.05) is 31.0 Å². The van der Waals surface area contributed by atoms with Crippen LogP contribution < -0.4 is 4.74 Å². The van der Waals surface area contributed by atoms with Crippen LogP contribution in [0.2, 0.25) is 0 Å². The Morgan fingerprint density at radius 3 is 2.56 bits per heavy atom. The molecular weight excluding hydrogens is 345 g/mol. The summed E-state index contributed by atoms with van der Waals surface area (Å²) >= 11 is 0. The van der Waals surface area contributed by atoms with Gasteiger partial charge in [0.05, 0.1) is 11.6 Å². The molecule has 1 aliphatic heterocycles. The van der Waals surface area contributed by atoms with Crippen molar-refractivity contribution in [3.8, 4) is 5.88 Å². The van der Waals surface area contributed by atoms with Gasteiger partial charge in [0.2, 0.25) is 11.8 Å². The molecule has 4 rings (SSSR count). The molecule has 1 saturated heterocycles. The van der Waals surface area contributed by atoms with Crippen molar-refractivity contribution in [2.75, 3.05) is 13.1 Å². The minimum atomic E-state index is -0.704. The van der Waals surface area contributed by atoms with Gasteiger partial charge in [-0.05, 0) is 18.9 Å². The molecule has 1 aromatic carbocycles. The predicted octanol–water partition coefficient (Wildman–Crippen LogP) is 3.50. The van der Waals surface area contributed by atoms with E-state index < -0.39 is 5.41 Å². The van der Waals surface area contributed by atoms with Crippen LogP contribution >= 0.6 is 0 Å². The molecular formula is C21H24FN3O2. The Morgan fingerprint density at radius 2 is 1.89 bits per heavy atom. The van der Waals surface area contributed by atoms with Gasteiger partial charge in [0.15, 0.2) is 0 Å². The van der Waals surface area contributed by atoms with Crippen molar-refractivity contribution in [2.24, 2.45) is 0 Å². The molecule has 2 heterocycles. The van der Waals surface area contributed by atoms with Crippen LogP contribution in [0.3, 0.4) is 0 Å². The first-order chi connectivity index (χ1) is 13.2. The minimum absolute atomic E-state index is 0.0266. The lowest BCUT2D eigenvalue weighted by Gasteiger charge is -2.38. The Labute approximate surface area is 158 Å². The first kappa shape index (κ1) is 17.9. The van der Waals surface area contributed by atoms with E-state index >= 15 is 0 Å².